The molecule has 1 aromatic carbocycles. The first-order chi connectivity index (χ1) is 7.16. The van der Waals surface area contributed by atoms with Crippen molar-refractivity contribution in [1.29, 1.82) is 0 Å². The molecule has 0 aliphatic heterocycles. The van der Waals surface area contributed by atoms with Crippen LogP contribution < -0.4 is 0 Å². The molecule has 1 unspecified atom stereocenters. The van der Waals surface area contributed by atoms with Crippen LogP contribution in [0.1, 0.15) is 30.0 Å². The molecule has 0 saturated heterocycles. The van der Waals surface area contributed by atoms with Gasteiger partial charge in [0.2, 0.25) is 0 Å². The third-order valence-corrected chi connectivity index (χ3v) is 3.15. The molecule has 15 heavy (non-hydrogen) atoms. The SMILES string of the molecule is Cc1ccc(C2=CCC(C)C=C2)cc1C. The van der Waals surface area contributed by atoms with Gasteiger partial charge >= 0.3 is 0 Å². The zero-order valence-corrected chi connectivity index (χ0v) is 9.75. The number of hydrogen-bond acceptors (Lipinski definition) is 0. The van der Waals surface area contributed by atoms with Crippen molar-refractivity contribution in [3.8, 4) is 0 Å². The van der Waals surface area contributed by atoms with Gasteiger partial charge in [0.25, 0.3) is 0 Å². The summed E-state index contributed by atoms with van der Waals surface area (Å²) in [5.74, 6) is 0.695. The molecule has 0 amide bonds. The zero-order valence-electron chi connectivity index (χ0n) is 9.75. The van der Waals surface area contributed by atoms with E-state index in [1.54, 1.807) is 0 Å². The van der Waals surface area contributed by atoms with E-state index in [-0.39, 0.29) is 0 Å². The lowest BCUT2D eigenvalue weighted by Gasteiger charge is -2.13. The van der Waals surface area contributed by atoms with Gasteiger partial charge in [-0.2, -0.15) is 0 Å². The van der Waals surface area contributed by atoms with Gasteiger partial charge in [0.1, 0.15) is 0 Å². The quantitative estimate of drug-likeness (QED) is 0.631. The molecule has 1 aliphatic rings. The average Bonchev–Trinajstić information content (AvgIpc) is 2.23. The second kappa shape index (κ2) is 4.06. The first-order valence-electron chi connectivity index (χ1n) is 5.63. The van der Waals surface area contributed by atoms with Gasteiger partial charge in [-0.15, -0.1) is 0 Å². The Morgan fingerprint density at radius 1 is 1.13 bits per heavy atom. The molecule has 0 spiro atoms. The molecule has 2 rings (SSSR count). The fourth-order valence-electron chi connectivity index (χ4n) is 1.86. The van der Waals surface area contributed by atoms with Gasteiger partial charge in [0, 0.05) is 0 Å². The Kier molecular flexibility index (Phi) is 2.77. The minimum Gasteiger partial charge on any atom is -0.0808 e. The van der Waals surface area contributed by atoms with E-state index in [1.165, 1.54) is 28.7 Å². The van der Waals surface area contributed by atoms with Crippen LogP contribution in [0.3, 0.4) is 0 Å². The van der Waals surface area contributed by atoms with Gasteiger partial charge in [-0.3, -0.25) is 0 Å². The van der Waals surface area contributed by atoms with Gasteiger partial charge in [-0.1, -0.05) is 43.4 Å². The summed E-state index contributed by atoms with van der Waals surface area (Å²) in [5, 5.41) is 0. The molecule has 0 nitrogen and oxygen atoms in total. The van der Waals surface area contributed by atoms with Crippen molar-refractivity contribution < 1.29 is 0 Å². The minimum absolute atomic E-state index is 0.695. The largest absolute Gasteiger partial charge is 0.0808 e. The number of hydrogen-bond donors (Lipinski definition) is 0. The topological polar surface area (TPSA) is 0 Å². The Balaban J connectivity index is 2.31. The summed E-state index contributed by atoms with van der Waals surface area (Å²) < 4.78 is 0. The summed E-state index contributed by atoms with van der Waals surface area (Å²) in [6.45, 7) is 6.59. The van der Waals surface area contributed by atoms with Crippen LogP contribution in [0.4, 0.5) is 0 Å². The Morgan fingerprint density at radius 3 is 2.53 bits per heavy atom. The molecule has 1 aliphatic carbocycles. The Morgan fingerprint density at radius 2 is 1.93 bits per heavy atom. The predicted molar refractivity (Wildman–Crippen MR) is 66.8 cm³/mol. The Hall–Kier alpha value is -1.30. The van der Waals surface area contributed by atoms with Crippen LogP contribution >= 0.6 is 0 Å². The molecule has 1 aromatic rings. The molecule has 78 valence electrons. The third-order valence-electron chi connectivity index (χ3n) is 3.15. The van der Waals surface area contributed by atoms with E-state index in [4.69, 9.17) is 0 Å². The second-order valence-corrected chi connectivity index (χ2v) is 4.53. The van der Waals surface area contributed by atoms with Gasteiger partial charge in [-0.05, 0) is 48.4 Å². The van der Waals surface area contributed by atoms with Gasteiger partial charge in [-0.25, -0.2) is 0 Å². The maximum atomic E-state index is 2.34. The van der Waals surface area contributed by atoms with E-state index < -0.39 is 0 Å². The van der Waals surface area contributed by atoms with E-state index in [9.17, 15) is 0 Å². The lowest BCUT2D eigenvalue weighted by atomic mass is 9.93. The number of allylic oxidation sites excluding steroid dienone is 4. The Labute approximate surface area is 92.3 Å². The molecular weight excluding hydrogens is 180 g/mol. The molecule has 1 atom stereocenters. The maximum Gasteiger partial charge on any atom is -0.0185 e. The molecule has 0 heteroatoms. The van der Waals surface area contributed by atoms with Crippen LogP contribution in [0.15, 0.2) is 36.4 Å². The molecule has 0 fully saturated rings. The highest BCUT2D eigenvalue weighted by Crippen LogP contribution is 2.25. The van der Waals surface area contributed by atoms with Crippen molar-refractivity contribution in [1.82, 2.24) is 0 Å². The molecule has 0 aromatic heterocycles. The number of benzene rings is 1. The molecular formula is C15H18. The van der Waals surface area contributed by atoms with Gasteiger partial charge in [0.15, 0.2) is 0 Å². The summed E-state index contributed by atoms with van der Waals surface area (Å²) in [6, 6.07) is 6.70. The van der Waals surface area contributed by atoms with E-state index in [2.05, 4.69) is 57.2 Å². The second-order valence-electron chi connectivity index (χ2n) is 4.53. The maximum absolute atomic E-state index is 2.34. The average molecular weight is 198 g/mol. The fraction of sp³-hybridized carbons (Fsp3) is 0.333. The molecule has 0 radical (unpaired) electrons. The Bertz CT molecular complexity index is 422. The number of aryl methyl sites for hydroxylation is 2. The van der Waals surface area contributed by atoms with E-state index in [1.807, 2.05) is 0 Å². The van der Waals surface area contributed by atoms with Crippen LogP contribution in [0, 0.1) is 19.8 Å². The first-order valence-corrected chi connectivity index (χ1v) is 5.63. The smallest absolute Gasteiger partial charge is 0.0185 e. The lowest BCUT2D eigenvalue weighted by Crippen LogP contribution is -1.94. The van der Waals surface area contributed by atoms with Crippen molar-refractivity contribution >= 4 is 5.57 Å². The minimum atomic E-state index is 0.695. The van der Waals surface area contributed by atoms with E-state index >= 15 is 0 Å². The molecule has 0 N–H and O–H groups in total. The van der Waals surface area contributed by atoms with Gasteiger partial charge in [0.05, 0.1) is 0 Å². The molecule has 0 bridgehead atoms. The normalized spacial score (nSPS) is 20.2. The molecule has 0 saturated carbocycles. The van der Waals surface area contributed by atoms with Crippen LogP contribution in [-0.4, -0.2) is 0 Å². The standard InChI is InChI=1S/C15H18/c1-11-4-7-14(8-5-11)15-9-6-12(2)13(3)10-15/h4,6-11H,5H2,1-3H3. The number of rotatable bonds is 1. The van der Waals surface area contributed by atoms with Crippen LogP contribution in [0.5, 0.6) is 0 Å². The van der Waals surface area contributed by atoms with Crippen molar-refractivity contribution in [3.63, 3.8) is 0 Å². The zero-order chi connectivity index (χ0) is 10.8. The summed E-state index contributed by atoms with van der Waals surface area (Å²) in [5.41, 5.74) is 5.46. The predicted octanol–water partition coefficient (Wildman–Crippen LogP) is 4.28. The summed E-state index contributed by atoms with van der Waals surface area (Å²) in [7, 11) is 0. The summed E-state index contributed by atoms with van der Waals surface area (Å²) in [4.78, 5) is 0. The highest BCUT2D eigenvalue weighted by molar-refractivity contribution is 5.75. The highest BCUT2D eigenvalue weighted by atomic mass is 14.1. The third kappa shape index (κ3) is 2.20. The summed E-state index contributed by atoms with van der Waals surface area (Å²) in [6.07, 6.45) is 8.05. The lowest BCUT2D eigenvalue weighted by molar-refractivity contribution is 0.739. The van der Waals surface area contributed by atoms with Crippen molar-refractivity contribution in [2.75, 3.05) is 0 Å². The van der Waals surface area contributed by atoms with Crippen LogP contribution in [0.2, 0.25) is 0 Å². The van der Waals surface area contributed by atoms with E-state index in [0.29, 0.717) is 5.92 Å². The fourth-order valence-corrected chi connectivity index (χ4v) is 1.86. The highest BCUT2D eigenvalue weighted by Gasteiger charge is 2.05. The van der Waals surface area contributed by atoms with Crippen molar-refractivity contribution in [3.05, 3.63) is 53.1 Å². The monoisotopic (exact) mass is 198 g/mol. The summed E-state index contributed by atoms with van der Waals surface area (Å²) >= 11 is 0. The van der Waals surface area contributed by atoms with Crippen molar-refractivity contribution in [2.45, 2.75) is 27.2 Å². The van der Waals surface area contributed by atoms with Crippen LogP contribution in [0.25, 0.3) is 5.57 Å². The van der Waals surface area contributed by atoms with E-state index in [0.717, 1.165) is 0 Å². The van der Waals surface area contributed by atoms with Gasteiger partial charge < -0.3 is 0 Å². The first kappa shape index (κ1) is 10.2. The molecule has 0 heterocycles. The van der Waals surface area contributed by atoms with Crippen LogP contribution in [-0.2, 0) is 0 Å². The van der Waals surface area contributed by atoms with Crippen molar-refractivity contribution in [2.24, 2.45) is 5.92 Å².